The van der Waals surface area contributed by atoms with Gasteiger partial charge in [0.2, 0.25) is 0 Å². The normalized spacial score (nSPS) is 12.0. The maximum absolute atomic E-state index is 12.2. The number of alkyl halides is 2. The Bertz CT molecular complexity index is 584. The number of amides is 1. The SMILES string of the molecule is CCNC(=NCC(F)F)NCCc1ccc(NC(=O)OC(C)(C)C)cc1. The summed E-state index contributed by atoms with van der Waals surface area (Å²) in [5.74, 6) is 0.371. The zero-order valence-electron chi connectivity index (χ0n) is 15.7. The van der Waals surface area contributed by atoms with Crippen molar-refractivity contribution in [2.75, 3.05) is 25.0 Å². The molecule has 6 nitrogen and oxygen atoms in total. The molecule has 0 unspecified atom stereocenters. The molecule has 146 valence electrons. The number of carbonyl (C=O) groups excluding carboxylic acids is 1. The van der Waals surface area contributed by atoms with Crippen molar-refractivity contribution < 1.29 is 18.3 Å². The number of ether oxygens (including phenoxy) is 1. The van der Waals surface area contributed by atoms with E-state index in [9.17, 15) is 13.6 Å². The van der Waals surface area contributed by atoms with Gasteiger partial charge in [0, 0.05) is 18.8 Å². The molecule has 1 aromatic rings. The van der Waals surface area contributed by atoms with Crippen LogP contribution in [0, 0.1) is 0 Å². The molecule has 0 fully saturated rings. The van der Waals surface area contributed by atoms with Gasteiger partial charge in [0.25, 0.3) is 6.43 Å². The number of hydrogen-bond acceptors (Lipinski definition) is 3. The van der Waals surface area contributed by atoms with Crippen LogP contribution in [-0.4, -0.2) is 43.7 Å². The van der Waals surface area contributed by atoms with Crippen LogP contribution < -0.4 is 16.0 Å². The summed E-state index contributed by atoms with van der Waals surface area (Å²) in [5.41, 5.74) is 1.13. The largest absolute Gasteiger partial charge is 0.444 e. The number of rotatable bonds is 7. The maximum Gasteiger partial charge on any atom is 0.412 e. The summed E-state index contributed by atoms with van der Waals surface area (Å²) in [5, 5.41) is 8.60. The Kier molecular flexibility index (Phi) is 8.81. The Morgan fingerprint density at radius 3 is 2.38 bits per heavy atom. The molecule has 0 heterocycles. The van der Waals surface area contributed by atoms with Gasteiger partial charge < -0.3 is 15.4 Å². The van der Waals surface area contributed by atoms with E-state index in [4.69, 9.17) is 4.74 Å². The standard InChI is InChI=1S/C18H28F2N4O2/c1-5-21-16(23-12-15(19)20)22-11-10-13-6-8-14(9-7-13)24-17(25)26-18(2,3)4/h6-9,15H,5,10-12H2,1-4H3,(H,24,25)(H2,21,22,23). The van der Waals surface area contributed by atoms with Gasteiger partial charge in [-0.05, 0) is 51.8 Å². The molecule has 26 heavy (non-hydrogen) atoms. The lowest BCUT2D eigenvalue weighted by molar-refractivity contribution is 0.0636. The molecular formula is C18H28F2N4O2. The van der Waals surface area contributed by atoms with Crippen LogP contribution in [0.2, 0.25) is 0 Å². The molecule has 0 atom stereocenters. The van der Waals surface area contributed by atoms with E-state index >= 15 is 0 Å². The first-order valence-corrected chi connectivity index (χ1v) is 8.59. The molecule has 0 bridgehead atoms. The molecule has 1 aromatic carbocycles. The third kappa shape index (κ3) is 9.80. The fraction of sp³-hybridized carbons (Fsp3) is 0.556. The van der Waals surface area contributed by atoms with Crippen LogP contribution in [0.15, 0.2) is 29.3 Å². The lowest BCUT2D eigenvalue weighted by atomic mass is 10.1. The number of halogens is 2. The molecule has 0 radical (unpaired) electrons. The highest BCUT2D eigenvalue weighted by Gasteiger charge is 2.16. The molecule has 8 heteroatoms. The number of hydrogen-bond donors (Lipinski definition) is 3. The van der Waals surface area contributed by atoms with Gasteiger partial charge in [0.1, 0.15) is 12.1 Å². The number of nitrogens with zero attached hydrogens (tertiary/aromatic N) is 1. The topological polar surface area (TPSA) is 74.8 Å². The second kappa shape index (κ2) is 10.6. The zero-order chi connectivity index (χ0) is 19.6. The Morgan fingerprint density at radius 2 is 1.85 bits per heavy atom. The molecule has 3 N–H and O–H groups in total. The average Bonchev–Trinajstić information content (AvgIpc) is 2.52. The minimum Gasteiger partial charge on any atom is -0.444 e. The predicted molar refractivity (Wildman–Crippen MR) is 100.0 cm³/mol. The van der Waals surface area contributed by atoms with E-state index in [1.807, 2.05) is 19.1 Å². The van der Waals surface area contributed by atoms with Gasteiger partial charge >= 0.3 is 6.09 Å². The van der Waals surface area contributed by atoms with Crippen LogP contribution >= 0.6 is 0 Å². The number of benzene rings is 1. The molecule has 1 amide bonds. The highest BCUT2D eigenvalue weighted by molar-refractivity contribution is 5.84. The lowest BCUT2D eigenvalue weighted by Crippen LogP contribution is -2.38. The Labute approximate surface area is 153 Å². The molecule has 0 aliphatic carbocycles. The van der Waals surface area contributed by atoms with Crippen molar-refractivity contribution in [2.24, 2.45) is 4.99 Å². The fourth-order valence-electron chi connectivity index (χ4n) is 2.00. The summed E-state index contributed by atoms with van der Waals surface area (Å²) in [6.45, 7) is 7.89. The first-order valence-electron chi connectivity index (χ1n) is 8.59. The minimum absolute atomic E-state index is 0.371. The molecule has 0 aliphatic rings. The molecule has 0 aromatic heterocycles. The Hall–Kier alpha value is -2.38. The van der Waals surface area contributed by atoms with Crippen molar-refractivity contribution in [3.8, 4) is 0 Å². The second-order valence-corrected chi connectivity index (χ2v) is 6.61. The summed E-state index contributed by atoms with van der Waals surface area (Å²) in [6.07, 6.45) is -2.28. The molecular weight excluding hydrogens is 342 g/mol. The van der Waals surface area contributed by atoms with E-state index in [-0.39, 0.29) is 0 Å². The molecule has 0 aliphatic heterocycles. The monoisotopic (exact) mass is 370 g/mol. The quantitative estimate of drug-likeness (QED) is 0.508. The third-order valence-corrected chi connectivity index (χ3v) is 3.04. The highest BCUT2D eigenvalue weighted by Crippen LogP contribution is 2.13. The zero-order valence-corrected chi connectivity index (χ0v) is 15.7. The van der Waals surface area contributed by atoms with Crippen molar-refractivity contribution >= 4 is 17.7 Å². The summed E-state index contributed by atoms with van der Waals surface area (Å²) in [7, 11) is 0. The van der Waals surface area contributed by atoms with Gasteiger partial charge in [0.05, 0.1) is 0 Å². The maximum atomic E-state index is 12.2. The highest BCUT2D eigenvalue weighted by atomic mass is 19.3. The van der Waals surface area contributed by atoms with Crippen molar-refractivity contribution in [3.63, 3.8) is 0 Å². The Balaban J connectivity index is 2.46. The predicted octanol–water partition coefficient (Wildman–Crippen LogP) is 3.40. The smallest absolute Gasteiger partial charge is 0.412 e. The number of aliphatic imine (C=N–C) groups is 1. The summed E-state index contributed by atoms with van der Waals surface area (Å²) < 4.78 is 29.7. The van der Waals surface area contributed by atoms with Gasteiger partial charge in [-0.3, -0.25) is 5.32 Å². The van der Waals surface area contributed by atoms with Crippen molar-refractivity contribution in [3.05, 3.63) is 29.8 Å². The van der Waals surface area contributed by atoms with E-state index in [0.717, 1.165) is 5.56 Å². The Morgan fingerprint density at radius 1 is 1.19 bits per heavy atom. The number of anilines is 1. The lowest BCUT2D eigenvalue weighted by Gasteiger charge is -2.19. The van der Waals surface area contributed by atoms with E-state index in [2.05, 4.69) is 20.9 Å². The first-order chi connectivity index (χ1) is 12.2. The van der Waals surface area contributed by atoms with Gasteiger partial charge in [-0.1, -0.05) is 12.1 Å². The number of nitrogens with one attached hydrogen (secondary N) is 3. The summed E-state index contributed by atoms with van der Waals surface area (Å²) in [6, 6.07) is 7.35. The van der Waals surface area contributed by atoms with E-state index in [0.29, 0.717) is 31.2 Å². The van der Waals surface area contributed by atoms with E-state index in [1.54, 1.807) is 32.9 Å². The summed E-state index contributed by atoms with van der Waals surface area (Å²) in [4.78, 5) is 15.5. The van der Waals surface area contributed by atoms with Crippen molar-refractivity contribution in [1.29, 1.82) is 0 Å². The van der Waals surface area contributed by atoms with Crippen LogP contribution in [0.5, 0.6) is 0 Å². The molecule has 1 rings (SSSR count). The summed E-state index contributed by atoms with van der Waals surface area (Å²) >= 11 is 0. The third-order valence-electron chi connectivity index (χ3n) is 3.04. The van der Waals surface area contributed by atoms with Crippen molar-refractivity contribution in [1.82, 2.24) is 10.6 Å². The minimum atomic E-state index is -2.46. The van der Waals surface area contributed by atoms with Gasteiger partial charge in [0.15, 0.2) is 5.96 Å². The molecule has 0 saturated carbocycles. The molecule has 0 saturated heterocycles. The van der Waals surface area contributed by atoms with Crippen LogP contribution in [0.1, 0.15) is 33.3 Å². The molecule has 0 spiro atoms. The second-order valence-electron chi connectivity index (χ2n) is 6.61. The van der Waals surface area contributed by atoms with Crippen LogP contribution in [-0.2, 0) is 11.2 Å². The van der Waals surface area contributed by atoms with E-state index < -0.39 is 24.7 Å². The van der Waals surface area contributed by atoms with Crippen LogP contribution in [0.25, 0.3) is 0 Å². The average molecular weight is 370 g/mol. The van der Waals surface area contributed by atoms with Gasteiger partial charge in [-0.2, -0.15) is 0 Å². The first kappa shape index (κ1) is 21.7. The number of guanidine groups is 1. The van der Waals surface area contributed by atoms with Crippen LogP contribution in [0.3, 0.4) is 0 Å². The van der Waals surface area contributed by atoms with Crippen molar-refractivity contribution in [2.45, 2.75) is 46.1 Å². The number of carbonyl (C=O) groups is 1. The van der Waals surface area contributed by atoms with Crippen LogP contribution in [0.4, 0.5) is 19.3 Å². The van der Waals surface area contributed by atoms with Gasteiger partial charge in [-0.15, -0.1) is 0 Å². The van der Waals surface area contributed by atoms with Gasteiger partial charge in [-0.25, -0.2) is 18.6 Å². The fourth-order valence-corrected chi connectivity index (χ4v) is 2.00. The van der Waals surface area contributed by atoms with E-state index in [1.165, 1.54) is 0 Å².